The molecule has 0 heterocycles. The number of alkyl halides is 3. The van der Waals surface area contributed by atoms with E-state index in [1.54, 1.807) is 0 Å². The first-order valence-corrected chi connectivity index (χ1v) is 5.96. The molecule has 0 atom stereocenters. The highest BCUT2D eigenvalue weighted by atomic mass is 19.4. The van der Waals surface area contributed by atoms with Crippen molar-refractivity contribution < 1.29 is 27.0 Å². The van der Waals surface area contributed by atoms with Gasteiger partial charge in [-0.2, -0.15) is 13.2 Å². The summed E-state index contributed by atoms with van der Waals surface area (Å²) in [6.07, 6.45) is -4.59. The smallest absolute Gasteiger partial charge is 0.419 e. The van der Waals surface area contributed by atoms with Gasteiger partial charge in [-0.25, -0.2) is 4.39 Å². The molecule has 2 rings (SSSR count). The van der Waals surface area contributed by atoms with E-state index in [1.165, 1.54) is 25.3 Å². The van der Waals surface area contributed by atoms with Crippen LogP contribution in [0.5, 0.6) is 11.5 Å². The second-order valence-electron chi connectivity index (χ2n) is 4.26. The Bertz CT molecular complexity index is 651. The minimum atomic E-state index is -4.59. The number of hydrogen-bond donors (Lipinski definition) is 0. The first-order chi connectivity index (χ1) is 9.86. The third kappa shape index (κ3) is 3.09. The number of halogens is 4. The van der Waals surface area contributed by atoms with Crippen LogP contribution in [-0.2, 0) is 6.18 Å². The second-order valence-corrected chi connectivity index (χ2v) is 4.26. The molecule has 6 heteroatoms. The standard InChI is InChI=1S/C15H12F4O2/c1-20-10-4-5-13(16)11(8-10)9-3-6-14(21-2)12(7-9)15(17,18)19/h3-8H,1-2H3. The van der Waals surface area contributed by atoms with Crippen LogP contribution in [0.2, 0.25) is 0 Å². The number of methoxy groups -OCH3 is 2. The predicted molar refractivity (Wildman–Crippen MR) is 69.9 cm³/mol. The lowest BCUT2D eigenvalue weighted by Crippen LogP contribution is -2.07. The molecule has 2 aromatic carbocycles. The molecule has 2 nitrogen and oxygen atoms in total. The molecule has 0 spiro atoms. The molecule has 0 amide bonds. The van der Waals surface area contributed by atoms with Gasteiger partial charge in [0.05, 0.1) is 19.8 Å². The maximum absolute atomic E-state index is 13.8. The first-order valence-electron chi connectivity index (χ1n) is 5.96. The molecule has 0 fully saturated rings. The largest absolute Gasteiger partial charge is 0.497 e. The van der Waals surface area contributed by atoms with Crippen LogP contribution in [-0.4, -0.2) is 14.2 Å². The van der Waals surface area contributed by atoms with Crippen molar-refractivity contribution in [3.05, 3.63) is 47.8 Å². The Morgan fingerprint density at radius 2 is 1.62 bits per heavy atom. The van der Waals surface area contributed by atoms with E-state index in [-0.39, 0.29) is 16.9 Å². The fourth-order valence-corrected chi connectivity index (χ4v) is 1.95. The van der Waals surface area contributed by atoms with Gasteiger partial charge in [0.1, 0.15) is 17.3 Å². The van der Waals surface area contributed by atoms with Crippen molar-refractivity contribution in [1.29, 1.82) is 0 Å². The summed E-state index contributed by atoms with van der Waals surface area (Å²) in [7, 11) is 2.54. The maximum atomic E-state index is 13.8. The van der Waals surface area contributed by atoms with E-state index in [2.05, 4.69) is 0 Å². The minimum absolute atomic E-state index is 0.0301. The zero-order chi connectivity index (χ0) is 15.6. The van der Waals surface area contributed by atoms with Crippen molar-refractivity contribution in [2.45, 2.75) is 6.18 Å². The van der Waals surface area contributed by atoms with Gasteiger partial charge in [-0.15, -0.1) is 0 Å². The van der Waals surface area contributed by atoms with Gasteiger partial charge in [0.2, 0.25) is 0 Å². The molecule has 112 valence electrons. The molecule has 0 bridgehead atoms. The van der Waals surface area contributed by atoms with Crippen LogP contribution in [0.25, 0.3) is 11.1 Å². The molecule has 21 heavy (non-hydrogen) atoms. The Morgan fingerprint density at radius 3 is 2.19 bits per heavy atom. The highest BCUT2D eigenvalue weighted by Crippen LogP contribution is 2.39. The predicted octanol–water partition coefficient (Wildman–Crippen LogP) is 4.53. The summed E-state index contributed by atoms with van der Waals surface area (Å²) in [6, 6.07) is 7.27. The zero-order valence-corrected chi connectivity index (χ0v) is 11.3. The highest BCUT2D eigenvalue weighted by molar-refractivity contribution is 5.68. The summed E-state index contributed by atoms with van der Waals surface area (Å²) in [4.78, 5) is 0. The maximum Gasteiger partial charge on any atom is 0.419 e. The van der Waals surface area contributed by atoms with Gasteiger partial charge < -0.3 is 9.47 Å². The number of benzene rings is 2. The molecule has 0 radical (unpaired) electrons. The van der Waals surface area contributed by atoms with Crippen LogP contribution >= 0.6 is 0 Å². The molecular weight excluding hydrogens is 288 g/mol. The van der Waals surface area contributed by atoms with Gasteiger partial charge in [-0.1, -0.05) is 6.07 Å². The van der Waals surface area contributed by atoms with Crippen molar-refractivity contribution in [2.24, 2.45) is 0 Å². The summed E-state index contributed by atoms with van der Waals surface area (Å²) < 4.78 is 62.4. The Morgan fingerprint density at radius 1 is 0.905 bits per heavy atom. The quantitative estimate of drug-likeness (QED) is 0.775. The number of hydrogen-bond acceptors (Lipinski definition) is 2. The topological polar surface area (TPSA) is 18.5 Å². The first kappa shape index (κ1) is 15.2. The summed E-state index contributed by atoms with van der Waals surface area (Å²) >= 11 is 0. The molecular formula is C15H12F4O2. The van der Waals surface area contributed by atoms with Crippen LogP contribution < -0.4 is 9.47 Å². The lowest BCUT2D eigenvalue weighted by atomic mass is 10.0. The average Bonchev–Trinajstić information content (AvgIpc) is 2.46. The molecule has 0 saturated carbocycles. The number of ether oxygens (including phenoxy) is 2. The zero-order valence-electron chi connectivity index (χ0n) is 11.3. The Hall–Kier alpha value is -2.24. The minimum Gasteiger partial charge on any atom is -0.497 e. The Labute approximate surface area is 118 Å². The summed E-state index contributed by atoms with van der Waals surface area (Å²) in [5.41, 5.74) is -0.827. The molecule has 0 aromatic heterocycles. The van der Waals surface area contributed by atoms with E-state index in [9.17, 15) is 17.6 Å². The lowest BCUT2D eigenvalue weighted by molar-refractivity contribution is -0.138. The molecule has 2 aromatic rings. The third-order valence-electron chi connectivity index (χ3n) is 2.99. The van der Waals surface area contributed by atoms with Crippen LogP contribution in [0.3, 0.4) is 0 Å². The molecule has 0 saturated heterocycles. The summed E-state index contributed by atoms with van der Waals surface area (Å²) in [6.45, 7) is 0. The van der Waals surface area contributed by atoms with Crippen molar-refractivity contribution in [2.75, 3.05) is 14.2 Å². The fourth-order valence-electron chi connectivity index (χ4n) is 1.95. The van der Waals surface area contributed by atoms with Crippen LogP contribution in [0.15, 0.2) is 36.4 Å². The van der Waals surface area contributed by atoms with Gasteiger partial charge in [0.25, 0.3) is 0 Å². The van der Waals surface area contributed by atoms with E-state index in [0.717, 1.165) is 25.3 Å². The lowest BCUT2D eigenvalue weighted by Gasteiger charge is -2.14. The van der Waals surface area contributed by atoms with Crippen LogP contribution in [0.4, 0.5) is 17.6 Å². The van der Waals surface area contributed by atoms with Crippen molar-refractivity contribution in [1.82, 2.24) is 0 Å². The fraction of sp³-hybridized carbons (Fsp3) is 0.200. The third-order valence-corrected chi connectivity index (χ3v) is 2.99. The van der Waals surface area contributed by atoms with Crippen LogP contribution in [0.1, 0.15) is 5.56 Å². The Balaban J connectivity index is 2.60. The van der Waals surface area contributed by atoms with Gasteiger partial charge in [-0.3, -0.25) is 0 Å². The van der Waals surface area contributed by atoms with Crippen molar-refractivity contribution in [3.8, 4) is 22.6 Å². The van der Waals surface area contributed by atoms with Gasteiger partial charge >= 0.3 is 6.18 Å². The summed E-state index contributed by atoms with van der Waals surface area (Å²) in [5.74, 6) is -0.584. The average molecular weight is 300 g/mol. The van der Waals surface area contributed by atoms with E-state index in [1.807, 2.05) is 0 Å². The van der Waals surface area contributed by atoms with Gasteiger partial charge in [0.15, 0.2) is 0 Å². The van der Waals surface area contributed by atoms with E-state index in [0.29, 0.717) is 5.75 Å². The van der Waals surface area contributed by atoms with Gasteiger partial charge in [-0.05, 0) is 35.9 Å². The molecule has 0 unspecified atom stereocenters. The van der Waals surface area contributed by atoms with Crippen molar-refractivity contribution in [3.63, 3.8) is 0 Å². The SMILES string of the molecule is COc1ccc(F)c(-c2ccc(OC)c(C(F)(F)F)c2)c1. The Kier molecular flexibility index (Phi) is 4.06. The number of rotatable bonds is 3. The molecule has 0 aliphatic carbocycles. The van der Waals surface area contributed by atoms with Crippen molar-refractivity contribution >= 4 is 0 Å². The van der Waals surface area contributed by atoms with Gasteiger partial charge in [0, 0.05) is 5.56 Å². The molecule has 0 N–H and O–H groups in total. The van der Waals surface area contributed by atoms with E-state index < -0.39 is 17.6 Å². The van der Waals surface area contributed by atoms with E-state index in [4.69, 9.17) is 9.47 Å². The molecule has 0 aliphatic heterocycles. The summed E-state index contributed by atoms with van der Waals surface area (Å²) in [5, 5.41) is 0. The molecule has 0 aliphatic rings. The van der Waals surface area contributed by atoms with Crippen LogP contribution in [0, 0.1) is 5.82 Å². The van der Waals surface area contributed by atoms with E-state index >= 15 is 0 Å². The highest BCUT2D eigenvalue weighted by Gasteiger charge is 2.34. The monoisotopic (exact) mass is 300 g/mol. The normalized spacial score (nSPS) is 11.3. The second kappa shape index (κ2) is 5.63.